The standard InChI is InChI=1S/C20H23N3O4/c21-20(25)14-4-1-6-16(10-14)23-19(24)12-22-15-5-2-7-17(11-15)27-13-18-8-3-9-26-18/h1-2,4-7,10-11,18,22H,3,8-9,12-13H2,(H2,21,25)(H,23,24). The molecule has 2 amide bonds. The van der Waals surface area contributed by atoms with E-state index in [-0.39, 0.29) is 18.6 Å². The van der Waals surface area contributed by atoms with Crippen molar-refractivity contribution in [1.29, 1.82) is 0 Å². The Bertz CT molecular complexity index is 803. The van der Waals surface area contributed by atoms with Crippen LogP contribution in [0.5, 0.6) is 5.75 Å². The van der Waals surface area contributed by atoms with E-state index in [2.05, 4.69) is 10.6 Å². The molecule has 1 unspecified atom stereocenters. The van der Waals surface area contributed by atoms with Gasteiger partial charge in [-0.15, -0.1) is 0 Å². The highest BCUT2D eigenvalue weighted by atomic mass is 16.5. The van der Waals surface area contributed by atoms with Crippen molar-refractivity contribution in [3.8, 4) is 5.75 Å². The number of rotatable bonds is 8. The van der Waals surface area contributed by atoms with Crippen LogP contribution < -0.4 is 21.1 Å². The number of hydrogen-bond acceptors (Lipinski definition) is 5. The van der Waals surface area contributed by atoms with Gasteiger partial charge in [-0.2, -0.15) is 0 Å². The first-order valence-electron chi connectivity index (χ1n) is 8.88. The van der Waals surface area contributed by atoms with Gasteiger partial charge in [-0.25, -0.2) is 0 Å². The summed E-state index contributed by atoms with van der Waals surface area (Å²) in [7, 11) is 0. The van der Waals surface area contributed by atoms with Crippen LogP contribution in [-0.4, -0.2) is 37.7 Å². The largest absolute Gasteiger partial charge is 0.491 e. The number of ether oxygens (including phenoxy) is 2. The fourth-order valence-corrected chi connectivity index (χ4v) is 2.80. The Hall–Kier alpha value is -3.06. The van der Waals surface area contributed by atoms with Gasteiger partial charge in [0.1, 0.15) is 12.4 Å². The molecule has 27 heavy (non-hydrogen) atoms. The first kappa shape index (κ1) is 18.7. The highest BCUT2D eigenvalue weighted by Gasteiger charge is 2.16. The predicted molar refractivity (Wildman–Crippen MR) is 103 cm³/mol. The second-order valence-electron chi connectivity index (χ2n) is 6.32. The second kappa shape index (κ2) is 9.05. The van der Waals surface area contributed by atoms with E-state index in [1.54, 1.807) is 24.3 Å². The maximum atomic E-state index is 12.1. The van der Waals surface area contributed by atoms with Crippen molar-refractivity contribution in [1.82, 2.24) is 0 Å². The van der Waals surface area contributed by atoms with Crippen LogP contribution in [0.4, 0.5) is 11.4 Å². The van der Waals surface area contributed by atoms with Crippen LogP contribution in [0.25, 0.3) is 0 Å². The molecule has 1 heterocycles. The van der Waals surface area contributed by atoms with E-state index < -0.39 is 5.91 Å². The summed E-state index contributed by atoms with van der Waals surface area (Å²) in [5.41, 5.74) is 6.89. The maximum absolute atomic E-state index is 12.1. The monoisotopic (exact) mass is 369 g/mol. The average Bonchev–Trinajstić information content (AvgIpc) is 3.19. The number of primary amides is 1. The molecule has 2 aromatic carbocycles. The molecule has 1 fully saturated rings. The van der Waals surface area contributed by atoms with Crippen LogP contribution in [0, 0.1) is 0 Å². The lowest BCUT2D eigenvalue weighted by molar-refractivity contribution is -0.114. The summed E-state index contributed by atoms with van der Waals surface area (Å²) < 4.78 is 11.3. The third kappa shape index (κ3) is 5.72. The van der Waals surface area contributed by atoms with Crippen molar-refractivity contribution >= 4 is 23.2 Å². The summed E-state index contributed by atoms with van der Waals surface area (Å²) in [5.74, 6) is -0.0450. The number of carbonyl (C=O) groups is 2. The zero-order valence-corrected chi connectivity index (χ0v) is 14.9. The van der Waals surface area contributed by atoms with Gasteiger partial charge in [-0.3, -0.25) is 9.59 Å². The smallest absolute Gasteiger partial charge is 0.248 e. The van der Waals surface area contributed by atoms with Gasteiger partial charge in [0.15, 0.2) is 0 Å². The van der Waals surface area contributed by atoms with E-state index in [0.717, 1.165) is 30.9 Å². The topological polar surface area (TPSA) is 103 Å². The van der Waals surface area contributed by atoms with Crippen molar-refractivity contribution in [2.75, 3.05) is 30.4 Å². The average molecular weight is 369 g/mol. The Labute approximate surface area is 157 Å². The van der Waals surface area contributed by atoms with Crippen LogP contribution in [0.2, 0.25) is 0 Å². The minimum absolute atomic E-state index is 0.0794. The molecule has 0 saturated carbocycles. The van der Waals surface area contributed by atoms with Crippen LogP contribution in [0.15, 0.2) is 48.5 Å². The Kier molecular flexibility index (Phi) is 6.27. The van der Waals surface area contributed by atoms with E-state index >= 15 is 0 Å². The quantitative estimate of drug-likeness (QED) is 0.663. The first-order valence-corrected chi connectivity index (χ1v) is 8.88. The molecule has 142 valence electrons. The van der Waals surface area contributed by atoms with Gasteiger partial charge in [-0.1, -0.05) is 12.1 Å². The number of nitrogens with one attached hydrogen (secondary N) is 2. The lowest BCUT2D eigenvalue weighted by Crippen LogP contribution is -2.22. The lowest BCUT2D eigenvalue weighted by atomic mass is 10.2. The summed E-state index contributed by atoms with van der Waals surface area (Å²) in [5, 5.41) is 5.78. The summed E-state index contributed by atoms with van der Waals surface area (Å²) >= 11 is 0. The highest BCUT2D eigenvalue weighted by molar-refractivity contribution is 5.97. The summed E-state index contributed by atoms with van der Waals surface area (Å²) in [6, 6.07) is 13.9. The summed E-state index contributed by atoms with van der Waals surface area (Å²) in [6.45, 7) is 1.41. The molecule has 7 heteroatoms. The normalized spacial score (nSPS) is 15.9. The van der Waals surface area contributed by atoms with Gasteiger partial charge < -0.3 is 25.8 Å². The van der Waals surface area contributed by atoms with E-state index in [4.69, 9.17) is 15.2 Å². The summed E-state index contributed by atoms with van der Waals surface area (Å²) in [4.78, 5) is 23.3. The van der Waals surface area contributed by atoms with Gasteiger partial charge in [-0.05, 0) is 43.2 Å². The number of nitrogens with two attached hydrogens (primary N) is 1. The number of amides is 2. The Morgan fingerprint density at radius 3 is 2.74 bits per heavy atom. The van der Waals surface area contributed by atoms with E-state index in [1.165, 1.54) is 0 Å². The van der Waals surface area contributed by atoms with Crippen molar-refractivity contribution < 1.29 is 19.1 Å². The highest BCUT2D eigenvalue weighted by Crippen LogP contribution is 2.19. The third-order valence-electron chi connectivity index (χ3n) is 4.18. The molecule has 3 rings (SSSR count). The van der Waals surface area contributed by atoms with Gasteiger partial charge in [0, 0.05) is 29.6 Å². The zero-order valence-electron chi connectivity index (χ0n) is 14.9. The molecular formula is C20H23N3O4. The van der Waals surface area contributed by atoms with Crippen molar-refractivity contribution in [3.63, 3.8) is 0 Å². The predicted octanol–water partition coefficient (Wildman–Crippen LogP) is 2.39. The minimum Gasteiger partial charge on any atom is -0.491 e. The third-order valence-corrected chi connectivity index (χ3v) is 4.18. The van der Waals surface area contributed by atoms with Gasteiger partial charge in [0.25, 0.3) is 0 Å². The minimum atomic E-state index is -0.538. The molecule has 4 N–H and O–H groups in total. The number of hydrogen-bond donors (Lipinski definition) is 3. The number of anilines is 2. The summed E-state index contributed by atoms with van der Waals surface area (Å²) in [6.07, 6.45) is 2.26. The molecule has 0 aromatic heterocycles. The van der Waals surface area contributed by atoms with E-state index in [1.807, 2.05) is 24.3 Å². The van der Waals surface area contributed by atoms with Gasteiger partial charge in [0.2, 0.25) is 11.8 Å². The van der Waals surface area contributed by atoms with Gasteiger partial charge >= 0.3 is 0 Å². The molecule has 2 aromatic rings. The van der Waals surface area contributed by atoms with Crippen LogP contribution in [0.1, 0.15) is 23.2 Å². The first-order chi connectivity index (χ1) is 13.1. The zero-order chi connectivity index (χ0) is 19.1. The van der Waals surface area contributed by atoms with Gasteiger partial charge in [0.05, 0.1) is 12.6 Å². The fourth-order valence-electron chi connectivity index (χ4n) is 2.80. The van der Waals surface area contributed by atoms with E-state index in [9.17, 15) is 9.59 Å². The van der Waals surface area contributed by atoms with Crippen molar-refractivity contribution in [2.24, 2.45) is 5.73 Å². The lowest BCUT2D eigenvalue weighted by Gasteiger charge is -2.13. The van der Waals surface area contributed by atoms with Crippen molar-refractivity contribution in [2.45, 2.75) is 18.9 Å². The SMILES string of the molecule is NC(=O)c1cccc(NC(=O)CNc2cccc(OCC3CCCO3)c2)c1. The van der Waals surface area contributed by atoms with Crippen LogP contribution in [-0.2, 0) is 9.53 Å². The number of benzene rings is 2. The fraction of sp³-hybridized carbons (Fsp3) is 0.300. The Morgan fingerprint density at radius 2 is 1.96 bits per heavy atom. The molecule has 1 aliphatic rings. The Balaban J connectivity index is 1.49. The molecule has 0 aliphatic carbocycles. The van der Waals surface area contributed by atoms with E-state index in [0.29, 0.717) is 17.9 Å². The van der Waals surface area contributed by atoms with Crippen molar-refractivity contribution in [3.05, 3.63) is 54.1 Å². The molecule has 7 nitrogen and oxygen atoms in total. The molecular weight excluding hydrogens is 346 g/mol. The molecule has 0 radical (unpaired) electrons. The molecule has 1 saturated heterocycles. The van der Waals surface area contributed by atoms with Crippen LogP contribution >= 0.6 is 0 Å². The number of carbonyl (C=O) groups excluding carboxylic acids is 2. The molecule has 1 aliphatic heterocycles. The second-order valence-corrected chi connectivity index (χ2v) is 6.32. The molecule has 1 atom stereocenters. The Morgan fingerprint density at radius 1 is 1.15 bits per heavy atom. The molecule has 0 spiro atoms. The van der Waals surface area contributed by atoms with Crippen LogP contribution in [0.3, 0.4) is 0 Å². The maximum Gasteiger partial charge on any atom is 0.248 e. The molecule has 0 bridgehead atoms.